The van der Waals surface area contributed by atoms with Gasteiger partial charge in [-0.1, -0.05) is 35.4 Å². The van der Waals surface area contributed by atoms with Gasteiger partial charge in [-0.2, -0.15) is 9.36 Å². The minimum atomic E-state index is -0.437. The number of hydrogen-bond acceptors (Lipinski definition) is 5. The molecule has 2 aromatic rings. The first-order chi connectivity index (χ1) is 8.24. The van der Waals surface area contributed by atoms with Gasteiger partial charge in [-0.05, 0) is 12.8 Å². The Morgan fingerprint density at radius 2 is 2.29 bits per heavy atom. The quantitative estimate of drug-likeness (QED) is 0.827. The maximum atomic E-state index is 12.0. The molecule has 2 heterocycles. The van der Waals surface area contributed by atoms with Gasteiger partial charge in [-0.3, -0.25) is 0 Å². The molecule has 0 aliphatic rings. The fourth-order valence-corrected chi connectivity index (χ4v) is 1.61. The Morgan fingerprint density at radius 3 is 2.94 bits per heavy atom. The van der Waals surface area contributed by atoms with E-state index in [1.54, 1.807) is 0 Å². The summed E-state index contributed by atoms with van der Waals surface area (Å²) < 4.78 is 2.24. The van der Waals surface area contributed by atoms with Gasteiger partial charge in [0.15, 0.2) is 5.15 Å². The fraction of sp³-hybridized carbons (Fsp3) is 0.444. The summed E-state index contributed by atoms with van der Waals surface area (Å²) in [5.74, 6) is 0. The SMILES string of the molecule is CCCCc1c(Cl)nnn1C(=O)n1ccnn1. The summed E-state index contributed by atoms with van der Waals surface area (Å²) in [6.07, 6.45) is 5.43. The molecule has 2 rings (SSSR count). The summed E-state index contributed by atoms with van der Waals surface area (Å²) in [5.41, 5.74) is 0.606. The topological polar surface area (TPSA) is 78.5 Å². The maximum absolute atomic E-state index is 12.0. The van der Waals surface area contributed by atoms with Crippen molar-refractivity contribution in [3.8, 4) is 0 Å². The highest BCUT2D eigenvalue weighted by Crippen LogP contribution is 2.14. The molecule has 0 bridgehead atoms. The van der Waals surface area contributed by atoms with Crippen molar-refractivity contribution in [2.75, 3.05) is 0 Å². The summed E-state index contributed by atoms with van der Waals surface area (Å²) in [6.45, 7) is 2.06. The van der Waals surface area contributed by atoms with Gasteiger partial charge in [0, 0.05) is 0 Å². The highest BCUT2D eigenvalue weighted by Gasteiger charge is 2.18. The van der Waals surface area contributed by atoms with E-state index in [1.165, 1.54) is 12.4 Å². The van der Waals surface area contributed by atoms with E-state index in [-0.39, 0.29) is 5.15 Å². The first-order valence-corrected chi connectivity index (χ1v) is 5.63. The van der Waals surface area contributed by atoms with Gasteiger partial charge in [-0.25, -0.2) is 4.79 Å². The molecule has 8 heteroatoms. The van der Waals surface area contributed by atoms with Crippen molar-refractivity contribution in [2.24, 2.45) is 0 Å². The Kier molecular flexibility index (Phi) is 3.48. The number of nitrogens with zero attached hydrogens (tertiary/aromatic N) is 6. The van der Waals surface area contributed by atoms with E-state index < -0.39 is 6.03 Å². The predicted molar refractivity (Wildman–Crippen MR) is 59.9 cm³/mol. The van der Waals surface area contributed by atoms with E-state index in [0.717, 1.165) is 22.2 Å². The molecule has 90 valence electrons. The average molecular weight is 255 g/mol. The Balaban J connectivity index is 2.29. The molecular weight excluding hydrogens is 244 g/mol. The molecule has 2 aromatic heterocycles. The average Bonchev–Trinajstić information content (AvgIpc) is 2.95. The first-order valence-electron chi connectivity index (χ1n) is 5.25. The Hall–Kier alpha value is -1.76. The zero-order valence-corrected chi connectivity index (χ0v) is 10.0. The summed E-state index contributed by atoms with van der Waals surface area (Å²) in [5, 5.41) is 14.8. The third kappa shape index (κ3) is 2.33. The summed E-state index contributed by atoms with van der Waals surface area (Å²) >= 11 is 5.89. The molecule has 0 fully saturated rings. The highest BCUT2D eigenvalue weighted by molar-refractivity contribution is 6.30. The van der Waals surface area contributed by atoms with E-state index in [4.69, 9.17) is 11.6 Å². The molecule has 0 spiro atoms. The molecule has 0 atom stereocenters. The van der Waals surface area contributed by atoms with Gasteiger partial charge in [0.1, 0.15) is 0 Å². The van der Waals surface area contributed by atoms with Crippen LogP contribution in [0, 0.1) is 0 Å². The van der Waals surface area contributed by atoms with Crippen molar-refractivity contribution in [2.45, 2.75) is 26.2 Å². The summed E-state index contributed by atoms with van der Waals surface area (Å²) in [7, 11) is 0. The molecular formula is C9H11ClN6O. The van der Waals surface area contributed by atoms with Crippen molar-refractivity contribution in [1.82, 2.24) is 30.0 Å². The van der Waals surface area contributed by atoms with E-state index in [2.05, 4.69) is 27.5 Å². The number of aromatic nitrogens is 6. The van der Waals surface area contributed by atoms with Crippen LogP contribution in [0.15, 0.2) is 12.4 Å². The van der Waals surface area contributed by atoms with Gasteiger partial charge in [0.25, 0.3) is 0 Å². The lowest BCUT2D eigenvalue weighted by Gasteiger charge is -2.03. The Labute approximate surface area is 102 Å². The van der Waals surface area contributed by atoms with Crippen molar-refractivity contribution < 1.29 is 4.79 Å². The smallest absolute Gasteiger partial charge is 0.243 e. The molecule has 0 saturated carbocycles. The van der Waals surface area contributed by atoms with Gasteiger partial charge >= 0.3 is 6.03 Å². The van der Waals surface area contributed by atoms with Crippen LogP contribution in [0.3, 0.4) is 0 Å². The lowest BCUT2D eigenvalue weighted by Crippen LogP contribution is -2.23. The van der Waals surface area contributed by atoms with Gasteiger partial charge in [0.2, 0.25) is 0 Å². The second kappa shape index (κ2) is 5.05. The van der Waals surface area contributed by atoms with Gasteiger partial charge in [0.05, 0.1) is 18.1 Å². The molecule has 0 aromatic carbocycles. The molecule has 0 saturated heterocycles. The summed E-state index contributed by atoms with van der Waals surface area (Å²) in [6, 6.07) is -0.437. The third-order valence-electron chi connectivity index (χ3n) is 2.28. The maximum Gasteiger partial charge on any atom is 0.372 e. The standard InChI is InChI=1S/C9H11ClN6O/c1-2-3-4-7-8(10)12-14-16(7)9(17)15-6-5-11-13-15/h5-6H,2-4H2,1H3. The molecule has 0 amide bonds. The highest BCUT2D eigenvalue weighted by atomic mass is 35.5. The van der Waals surface area contributed by atoms with Crippen LogP contribution in [-0.4, -0.2) is 36.0 Å². The normalized spacial score (nSPS) is 10.7. The lowest BCUT2D eigenvalue weighted by molar-refractivity contribution is 0.236. The monoisotopic (exact) mass is 254 g/mol. The zero-order valence-electron chi connectivity index (χ0n) is 9.25. The minimum Gasteiger partial charge on any atom is -0.243 e. The minimum absolute atomic E-state index is 0.256. The number of rotatable bonds is 3. The molecule has 17 heavy (non-hydrogen) atoms. The third-order valence-corrected chi connectivity index (χ3v) is 2.58. The van der Waals surface area contributed by atoms with Crippen LogP contribution >= 0.6 is 11.6 Å². The largest absolute Gasteiger partial charge is 0.372 e. The van der Waals surface area contributed by atoms with Crippen LogP contribution in [-0.2, 0) is 6.42 Å². The molecule has 0 aliphatic carbocycles. The second-order valence-electron chi connectivity index (χ2n) is 3.47. The molecule has 7 nitrogen and oxygen atoms in total. The van der Waals surface area contributed by atoms with Crippen molar-refractivity contribution in [3.63, 3.8) is 0 Å². The van der Waals surface area contributed by atoms with E-state index in [9.17, 15) is 4.79 Å². The van der Waals surface area contributed by atoms with Crippen molar-refractivity contribution in [3.05, 3.63) is 23.2 Å². The van der Waals surface area contributed by atoms with Crippen molar-refractivity contribution >= 4 is 17.6 Å². The number of halogens is 1. The van der Waals surface area contributed by atoms with E-state index >= 15 is 0 Å². The first kappa shape index (κ1) is 11.7. The number of carbonyl (C=O) groups is 1. The van der Waals surface area contributed by atoms with Gasteiger partial charge in [-0.15, -0.1) is 10.2 Å². The summed E-state index contributed by atoms with van der Waals surface area (Å²) in [4.78, 5) is 12.0. The number of hydrogen-bond donors (Lipinski definition) is 0. The van der Waals surface area contributed by atoms with Crippen LogP contribution in [0.4, 0.5) is 4.79 Å². The van der Waals surface area contributed by atoms with Crippen LogP contribution in [0.25, 0.3) is 0 Å². The van der Waals surface area contributed by atoms with Crippen LogP contribution in [0.2, 0.25) is 5.15 Å². The van der Waals surface area contributed by atoms with Crippen LogP contribution < -0.4 is 0 Å². The number of unbranched alkanes of at least 4 members (excludes halogenated alkanes) is 1. The van der Waals surface area contributed by atoms with Crippen LogP contribution in [0.1, 0.15) is 25.5 Å². The van der Waals surface area contributed by atoms with E-state index in [0.29, 0.717) is 12.1 Å². The Morgan fingerprint density at radius 1 is 1.47 bits per heavy atom. The molecule has 0 unspecified atom stereocenters. The lowest BCUT2D eigenvalue weighted by atomic mass is 10.2. The van der Waals surface area contributed by atoms with Crippen molar-refractivity contribution in [1.29, 1.82) is 0 Å². The van der Waals surface area contributed by atoms with E-state index in [1.807, 2.05) is 0 Å². The van der Waals surface area contributed by atoms with Crippen LogP contribution in [0.5, 0.6) is 0 Å². The zero-order chi connectivity index (χ0) is 12.3. The number of carbonyl (C=O) groups excluding carboxylic acids is 1. The molecule has 0 radical (unpaired) electrons. The molecule has 0 N–H and O–H groups in total. The van der Waals surface area contributed by atoms with Gasteiger partial charge < -0.3 is 0 Å². The fourth-order valence-electron chi connectivity index (χ4n) is 1.40. The predicted octanol–water partition coefficient (Wildman–Crippen LogP) is 1.38. The molecule has 0 aliphatic heterocycles. The second-order valence-corrected chi connectivity index (χ2v) is 3.83. The Bertz CT molecular complexity index is 506.